The third kappa shape index (κ3) is 1.61. The van der Waals surface area contributed by atoms with Crippen LogP contribution in [0.4, 0.5) is 4.79 Å². The summed E-state index contributed by atoms with van der Waals surface area (Å²) in [6, 6.07) is 0. The Bertz CT molecular complexity index is 165. The van der Waals surface area contributed by atoms with Gasteiger partial charge in [0.05, 0.1) is 13.7 Å². The number of carbonyl (C=O) groups is 1. The van der Waals surface area contributed by atoms with E-state index < -0.39 is 6.16 Å². The molecule has 10 heavy (non-hydrogen) atoms. The van der Waals surface area contributed by atoms with Crippen molar-refractivity contribution in [1.82, 2.24) is 0 Å². The van der Waals surface area contributed by atoms with E-state index in [4.69, 9.17) is 4.74 Å². The molecule has 0 atom stereocenters. The van der Waals surface area contributed by atoms with Gasteiger partial charge in [-0.15, -0.1) is 0 Å². The predicted octanol–water partition coefficient (Wildman–Crippen LogP) is 0.156. The molecule has 0 unspecified atom stereocenters. The first kappa shape index (κ1) is 6.85. The Morgan fingerprint density at radius 3 is 3.10 bits per heavy atom. The summed E-state index contributed by atoms with van der Waals surface area (Å²) in [4.78, 5) is 14.1. The standard InChI is InChI=1S/C5H7NO4/c1-8-5(7)10-4-6-2-3-9-4/h2-3H2,1H3. The Balaban J connectivity index is 2.30. The molecule has 1 rings (SSSR count). The zero-order chi connectivity index (χ0) is 7.40. The summed E-state index contributed by atoms with van der Waals surface area (Å²) < 4.78 is 13.4. The molecule has 0 aromatic heterocycles. The van der Waals surface area contributed by atoms with Gasteiger partial charge >= 0.3 is 12.2 Å². The van der Waals surface area contributed by atoms with Crippen LogP contribution in [0.15, 0.2) is 4.99 Å². The van der Waals surface area contributed by atoms with E-state index in [2.05, 4.69) is 14.5 Å². The average Bonchev–Trinajstić information content (AvgIpc) is 2.40. The quantitative estimate of drug-likeness (QED) is 0.455. The smallest absolute Gasteiger partial charge is 0.448 e. The minimum atomic E-state index is -0.805. The first-order chi connectivity index (χ1) is 4.83. The van der Waals surface area contributed by atoms with Gasteiger partial charge in [-0.3, -0.25) is 0 Å². The molecule has 0 spiro atoms. The maximum absolute atomic E-state index is 10.4. The van der Waals surface area contributed by atoms with E-state index in [1.807, 2.05) is 0 Å². The van der Waals surface area contributed by atoms with E-state index in [0.29, 0.717) is 13.2 Å². The van der Waals surface area contributed by atoms with Gasteiger partial charge in [0.1, 0.15) is 6.61 Å². The maximum Gasteiger partial charge on any atom is 0.517 e. The molecule has 0 N–H and O–H groups in total. The summed E-state index contributed by atoms with van der Waals surface area (Å²) in [5.74, 6) is 0. The van der Waals surface area contributed by atoms with Gasteiger partial charge in [0.15, 0.2) is 0 Å². The number of aliphatic imine (C=N–C) groups is 1. The van der Waals surface area contributed by atoms with Crippen LogP contribution in [0.3, 0.4) is 0 Å². The van der Waals surface area contributed by atoms with Crippen molar-refractivity contribution in [2.45, 2.75) is 0 Å². The highest BCUT2D eigenvalue weighted by atomic mass is 16.8. The number of rotatable bonds is 0. The Morgan fingerprint density at radius 2 is 2.60 bits per heavy atom. The summed E-state index contributed by atoms with van der Waals surface area (Å²) in [7, 11) is 1.22. The maximum atomic E-state index is 10.4. The Morgan fingerprint density at radius 1 is 1.80 bits per heavy atom. The van der Waals surface area contributed by atoms with E-state index >= 15 is 0 Å². The van der Waals surface area contributed by atoms with Gasteiger partial charge in [0.25, 0.3) is 0 Å². The van der Waals surface area contributed by atoms with Crippen molar-refractivity contribution in [3.63, 3.8) is 0 Å². The molecule has 0 fully saturated rings. The molecular formula is C5H7NO4. The summed E-state index contributed by atoms with van der Waals surface area (Å²) in [5, 5.41) is 0. The minimum Gasteiger partial charge on any atom is -0.448 e. The normalized spacial score (nSPS) is 15.5. The Hall–Kier alpha value is -1.26. The third-order valence-electron chi connectivity index (χ3n) is 0.895. The van der Waals surface area contributed by atoms with Crippen LogP contribution >= 0.6 is 0 Å². The van der Waals surface area contributed by atoms with Crippen molar-refractivity contribution in [3.8, 4) is 0 Å². The molecule has 0 amide bonds. The molecular weight excluding hydrogens is 138 g/mol. The number of ether oxygens (including phenoxy) is 3. The Labute approximate surface area is 57.6 Å². The minimum absolute atomic E-state index is 0.00755. The van der Waals surface area contributed by atoms with Gasteiger partial charge in [0.2, 0.25) is 0 Å². The van der Waals surface area contributed by atoms with Crippen LogP contribution in [-0.4, -0.2) is 32.5 Å². The lowest BCUT2D eigenvalue weighted by Crippen LogP contribution is -2.12. The van der Waals surface area contributed by atoms with Gasteiger partial charge in [-0.2, -0.15) is 0 Å². The van der Waals surface area contributed by atoms with E-state index in [9.17, 15) is 4.79 Å². The second kappa shape index (κ2) is 3.05. The van der Waals surface area contributed by atoms with Crippen molar-refractivity contribution < 1.29 is 19.0 Å². The number of carbonyl (C=O) groups excluding carboxylic acids is 1. The Kier molecular flexibility index (Phi) is 2.09. The lowest BCUT2D eigenvalue weighted by Gasteiger charge is -1.99. The van der Waals surface area contributed by atoms with E-state index in [1.54, 1.807) is 0 Å². The summed E-state index contributed by atoms with van der Waals surface area (Å²) in [6.07, 6.45) is -0.812. The van der Waals surface area contributed by atoms with E-state index in [0.717, 1.165) is 0 Å². The fraction of sp³-hybridized carbons (Fsp3) is 0.600. The summed E-state index contributed by atoms with van der Waals surface area (Å²) in [5.41, 5.74) is 0. The van der Waals surface area contributed by atoms with E-state index in [-0.39, 0.29) is 6.08 Å². The van der Waals surface area contributed by atoms with Crippen molar-refractivity contribution in [1.29, 1.82) is 0 Å². The molecule has 1 aliphatic heterocycles. The zero-order valence-electron chi connectivity index (χ0n) is 5.49. The molecule has 0 saturated carbocycles. The van der Waals surface area contributed by atoms with Gasteiger partial charge in [-0.05, 0) is 0 Å². The van der Waals surface area contributed by atoms with Crippen molar-refractivity contribution >= 4 is 12.2 Å². The topological polar surface area (TPSA) is 57.1 Å². The number of hydrogen-bond acceptors (Lipinski definition) is 5. The van der Waals surface area contributed by atoms with Gasteiger partial charge in [-0.25, -0.2) is 9.79 Å². The van der Waals surface area contributed by atoms with E-state index in [1.165, 1.54) is 7.11 Å². The second-order valence-electron chi connectivity index (χ2n) is 1.55. The molecule has 56 valence electrons. The highest BCUT2D eigenvalue weighted by molar-refractivity contribution is 5.80. The van der Waals surface area contributed by atoms with Gasteiger partial charge in [-0.1, -0.05) is 0 Å². The lowest BCUT2D eigenvalue weighted by atomic mass is 10.8. The van der Waals surface area contributed by atoms with Gasteiger partial charge in [0, 0.05) is 0 Å². The molecule has 0 aromatic carbocycles. The second-order valence-corrected chi connectivity index (χ2v) is 1.55. The SMILES string of the molecule is COC(=O)OC1=NCCO1. The average molecular weight is 145 g/mol. The van der Waals surface area contributed by atoms with Crippen LogP contribution in [0.25, 0.3) is 0 Å². The molecule has 1 heterocycles. The molecule has 0 saturated heterocycles. The number of nitrogens with zero attached hydrogens (tertiary/aromatic N) is 1. The molecule has 0 bridgehead atoms. The van der Waals surface area contributed by atoms with Crippen LogP contribution < -0.4 is 0 Å². The first-order valence-electron chi connectivity index (χ1n) is 2.76. The monoisotopic (exact) mass is 145 g/mol. The van der Waals surface area contributed by atoms with Crippen molar-refractivity contribution in [2.75, 3.05) is 20.3 Å². The number of methoxy groups -OCH3 is 1. The number of hydrogen-bond donors (Lipinski definition) is 0. The first-order valence-corrected chi connectivity index (χ1v) is 2.76. The molecule has 1 aliphatic rings. The van der Waals surface area contributed by atoms with Crippen LogP contribution in [0.5, 0.6) is 0 Å². The largest absolute Gasteiger partial charge is 0.517 e. The fourth-order valence-corrected chi connectivity index (χ4v) is 0.490. The summed E-state index contributed by atoms with van der Waals surface area (Å²) >= 11 is 0. The molecule has 5 heteroatoms. The van der Waals surface area contributed by atoms with Crippen LogP contribution in [0.1, 0.15) is 0 Å². The van der Waals surface area contributed by atoms with Crippen LogP contribution in [0, 0.1) is 0 Å². The van der Waals surface area contributed by atoms with Crippen molar-refractivity contribution in [2.24, 2.45) is 4.99 Å². The highest BCUT2D eigenvalue weighted by Gasteiger charge is 2.13. The van der Waals surface area contributed by atoms with Gasteiger partial charge < -0.3 is 14.2 Å². The zero-order valence-corrected chi connectivity index (χ0v) is 5.49. The summed E-state index contributed by atoms with van der Waals surface area (Å²) in [6.45, 7) is 0.999. The fourth-order valence-electron chi connectivity index (χ4n) is 0.490. The molecule has 5 nitrogen and oxygen atoms in total. The van der Waals surface area contributed by atoms with Crippen molar-refractivity contribution in [3.05, 3.63) is 0 Å². The molecule has 0 aliphatic carbocycles. The predicted molar refractivity (Wildman–Crippen MR) is 31.7 cm³/mol. The van der Waals surface area contributed by atoms with Crippen LogP contribution in [-0.2, 0) is 14.2 Å². The highest BCUT2D eigenvalue weighted by Crippen LogP contribution is 1.96. The molecule has 0 radical (unpaired) electrons. The lowest BCUT2D eigenvalue weighted by molar-refractivity contribution is 0.101. The third-order valence-corrected chi connectivity index (χ3v) is 0.895. The molecule has 0 aromatic rings. The van der Waals surface area contributed by atoms with Crippen LogP contribution in [0.2, 0.25) is 0 Å².